The monoisotopic (exact) mass is 240 g/mol. The summed E-state index contributed by atoms with van der Waals surface area (Å²) in [5, 5.41) is 19.4. The van der Waals surface area contributed by atoms with Crippen molar-refractivity contribution in [3.63, 3.8) is 0 Å². The van der Waals surface area contributed by atoms with Crippen molar-refractivity contribution < 1.29 is 9.53 Å². The molecule has 1 saturated heterocycles. The van der Waals surface area contributed by atoms with Crippen LogP contribution in [0.2, 0.25) is 0 Å². The zero-order valence-corrected chi connectivity index (χ0v) is 9.80. The Morgan fingerprint density at radius 3 is 3.06 bits per heavy atom. The van der Waals surface area contributed by atoms with Crippen molar-refractivity contribution in [2.75, 3.05) is 20.3 Å². The Morgan fingerprint density at radius 1 is 1.59 bits per heavy atom. The van der Waals surface area contributed by atoms with Gasteiger partial charge in [0.05, 0.1) is 25.2 Å². The van der Waals surface area contributed by atoms with E-state index in [0.717, 1.165) is 0 Å². The Kier molecular flexibility index (Phi) is 3.64. The summed E-state index contributed by atoms with van der Waals surface area (Å²) in [6, 6.07) is -0.202. The third kappa shape index (κ3) is 2.59. The van der Waals surface area contributed by atoms with E-state index >= 15 is 0 Å². The fourth-order valence-electron chi connectivity index (χ4n) is 1.84. The standard InChI is InChI=1S/C9H16N6O2/c1-5(8-12-14-15-13-8)11-9(16)6-3-17-4-7(6)10-2/h5-7,10H,3-4H2,1-2H3,(H,11,16)(H,12,13,14,15). The predicted octanol–water partition coefficient (Wildman–Crippen LogP) is -1.39. The lowest BCUT2D eigenvalue weighted by Crippen LogP contribution is -2.43. The second-order valence-electron chi connectivity index (χ2n) is 4.04. The Labute approximate surface area is 98.5 Å². The summed E-state index contributed by atoms with van der Waals surface area (Å²) in [7, 11) is 1.82. The van der Waals surface area contributed by atoms with Crippen molar-refractivity contribution >= 4 is 5.91 Å². The fraction of sp³-hybridized carbons (Fsp3) is 0.778. The maximum Gasteiger partial charge on any atom is 0.227 e. The molecule has 0 aromatic carbocycles. The first-order valence-corrected chi connectivity index (χ1v) is 5.51. The number of ether oxygens (including phenoxy) is 1. The molecule has 8 heteroatoms. The number of aromatic nitrogens is 4. The highest BCUT2D eigenvalue weighted by atomic mass is 16.5. The Morgan fingerprint density at radius 2 is 2.41 bits per heavy atom. The van der Waals surface area contributed by atoms with Crippen LogP contribution < -0.4 is 10.6 Å². The average molecular weight is 240 g/mol. The van der Waals surface area contributed by atoms with Gasteiger partial charge < -0.3 is 15.4 Å². The van der Waals surface area contributed by atoms with Gasteiger partial charge >= 0.3 is 0 Å². The average Bonchev–Trinajstić information content (AvgIpc) is 2.99. The molecule has 1 fully saturated rings. The van der Waals surface area contributed by atoms with Crippen LogP contribution in [-0.2, 0) is 9.53 Å². The molecule has 3 N–H and O–H groups in total. The first kappa shape index (κ1) is 11.9. The molecule has 1 aromatic rings. The van der Waals surface area contributed by atoms with E-state index < -0.39 is 0 Å². The van der Waals surface area contributed by atoms with Crippen molar-refractivity contribution in [3.8, 4) is 0 Å². The second-order valence-corrected chi connectivity index (χ2v) is 4.04. The van der Waals surface area contributed by atoms with E-state index in [1.54, 1.807) is 0 Å². The molecule has 1 amide bonds. The Bertz CT molecular complexity index is 368. The van der Waals surface area contributed by atoms with Crippen LogP contribution in [0.15, 0.2) is 0 Å². The van der Waals surface area contributed by atoms with E-state index in [9.17, 15) is 4.79 Å². The first-order chi connectivity index (χ1) is 8.22. The Balaban J connectivity index is 1.92. The number of aromatic amines is 1. The molecule has 1 aliphatic rings. The van der Waals surface area contributed by atoms with Gasteiger partial charge in [-0.15, -0.1) is 10.2 Å². The lowest BCUT2D eigenvalue weighted by molar-refractivity contribution is -0.126. The van der Waals surface area contributed by atoms with Crippen molar-refractivity contribution in [2.24, 2.45) is 5.92 Å². The molecule has 0 bridgehead atoms. The van der Waals surface area contributed by atoms with Crippen molar-refractivity contribution in [2.45, 2.75) is 19.0 Å². The van der Waals surface area contributed by atoms with Crippen LogP contribution in [0.5, 0.6) is 0 Å². The minimum Gasteiger partial charge on any atom is -0.379 e. The molecule has 1 aliphatic heterocycles. The van der Waals surface area contributed by atoms with Crippen LogP contribution in [0.4, 0.5) is 0 Å². The van der Waals surface area contributed by atoms with E-state index in [0.29, 0.717) is 19.0 Å². The van der Waals surface area contributed by atoms with E-state index in [2.05, 4.69) is 31.3 Å². The number of hydrogen-bond donors (Lipinski definition) is 3. The summed E-state index contributed by atoms with van der Waals surface area (Å²) in [6.45, 7) is 2.81. The number of tetrazole rings is 1. The molecule has 2 rings (SSSR count). The first-order valence-electron chi connectivity index (χ1n) is 5.51. The van der Waals surface area contributed by atoms with Crippen LogP contribution in [0.1, 0.15) is 18.8 Å². The summed E-state index contributed by atoms with van der Waals surface area (Å²) in [4.78, 5) is 12.0. The molecule has 0 saturated carbocycles. The molecule has 17 heavy (non-hydrogen) atoms. The number of carbonyl (C=O) groups is 1. The van der Waals surface area contributed by atoms with E-state index in [4.69, 9.17) is 4.74 Å². The van der Waals surface area contributed by atoms with Gasteiger partial charge in [-0.2, -0.15) is 5.21 Å². The minimum absolute atomic E-state index is 0.0563. The second kappa shape index (κ2) is 5.19. The minimum atomic E-state index is -0.264. The number of H-pyrrole nitrogens is 1. The van der Waals surface area contributed by atoms with Gasteiger partial charge in [0.1, 0.15) is 0 Å². The number of rotatable bonds is 4. The summed E-state index contributed by atoms with van der Waals surface area (Å²) in [5.41, 5.74) is 0. The summed E-state index contributed by atoms with van der Waals surface area (Å²) >= 11 is 0. The molecular weight excluding hydrogens is 224 g/mol. The summed E-state index contributed by atoms with van der Waals surface area (Å²) in [6.07, 6.45) is 0. The zero-order valence-electron chi connectivity index (χ0n) is 9.80. The quantitative estimate of drug-likeness (QED) is 0.598. The third-order valence-electron chi connectivity index (χ3n) is 2.90. The van der Waals surface area contributed by atoms with Crippen LogP contribution in [-0.4, -0.2) is 52.8 Å². The van der Waals surface area contributed by atoms with Gasteiger partial charge in [-0.05, 0) is 14.0 Å². The Hall–Kier alpha value is -1.54. The van der Waals surface area contributed by atoms with Crippen molar-refractivity contribution in [3.05, 3.63) is 5.82 Å². The van der Waals surface area contributed by atoms with Gasteiger partial charge in [-0.25, -0.2) is 0 Å². The van der Waals surface area contributed by atoms with Crippen molar-refractivity contribution in [1.82, 2.24) is 31.3 Å². The van der Waals surface area contributed by atoms with E-state index in [1.807, 2.05) is 14.0 Å². The third-order valence-corrected chi connectivity index (χ3v) is 2.90. The van der Waals surface area contributed by atoms with E-state index in [-0.39, 0.29) is 23.9 Å². The van der Waals surface area contributed by atoms with Gasteiger partial charge in [0, 0.05) is 6.04 Å². The molecule has 2 heterocycles. The lowest BCUT2D eigenvalue weighted by atomic mass is 10.0. The molecule has 3 atom stereocenters. The SMILES string of the molecule is CNC1COCC1C(=O)NC(C)c1nn[nH]n1. The topological polar surface area (TPSA) is 105 Å². The number of carbonyl (C=O) groups excluding carboxylic acids is 1. The van der Waals surface area contributed by atoms with Gasteiger partial charge in [0.25, 0.3) is 0 Å². The van der Waals surface area contributed by atoms with Crippen LogP contribution in [0.25, 0.3) is 0 Å². The molecule has 94 valence electrons. The van der Waals surface area contributed by atoms with Crippen molar-refractivity contribution in [1.29, 1.82) is 0 Å². The number of hydrogen-bond acceptors (Lipinski definition) is 6. The highest BCUT2D eigenvalue weighted by molar-refractivity contribution is 5.80. The zero-order chi connectivity index (χ0) is 12.3. The number of nitrogens with one attached hydrogen (secondary N) is 3. The van der Waals surface area contributed by atoms with Gasteiger partial charge in [-0.3, -0.25) is 4.79 Å². The number of likely N-dealkylation sites (N-methyl/N-ethyl adjacent to an activating group) is 1. The largest absolute Gasteiger partial charge is 0.379 e. The normalized spacial score (nSPS) is 25.8. The van der Waals surface area contributed by atoms with Gasteiger partial charge in [-0.1, -0.05) is 5.21 Å². The molecular formula is C9H16N6O2. The van der Waals surface area contributed by atoms with Gasteiger partial charge in [0.15, 0.2) is 5.82 Å². The molecule has 3 unspecified atom stereocenters. The number of nitrogens with zero attached hydrogens (tertiary/aromatic N) is 3. The lowest BCUT2D eigenvalue weighted by Gasteiger charge is -2.18. The van der Waals surface area contributed by atoms with Crippen LogP contribution >= 0.6 is 0 Å². The molecule has 1 aromatic heterocycles. The molecule has 0 radical (unpaired) electrons. The highest BCUT2D eigenvalue weighted by Crippen LogP contribution is 2.15. The number of amides is 1. The maximum absolute atomic E-state index is 12.0. The predicted molar refractivity (Wildman–Crippen MR) is 57.9 cm³/mol. The molecule has 0 spiro atoms. The van der Waals surface area contributed by atoms with Gasteiger partial charge in [0.2, 0.25) is 5.91 Å². The fourth-order valence-corrected chi connectivity index (χ4v) is 1.84. The molecule has 0 aliphatic carbocycles. The maximum atomic E-state index is 12.0. The smallest absolute Gasteiger partial charge is 0.227 e. The summed E-state index contributed by atoms with van der Waals surface area (Å²) < 4.78 is 5.28. The highest BCUT2D eigenvalue weighted by Gasteiger charge is 2.33. The van der Waals surface area contributed by atoms with Crippen LogP contribution in [0, 0.1) is 5.92 Å². The van der Waals surface area contributed by atoms with Crippen LogP contribution in [0.3, 0.4) is 0 Å². The summed E-state index contributed by atoms with van der Waals surface area (Å²) in [5.74, 6) is 0.242. The van der Waals surface area contributed by atoms with E-state index in [1.165, 1.54) is 0 Å². The molecule has 8 nitrogen and oxygen atoms in total.